The third kappa shape index (κ3) is 9.23. The maximum absolute atomic E-state index is 3.26. The number of hydrogen-bond donors (Lipinski definition) is 0. The Morgan fingerprint density at radius 2 is 1.50 bits per heavy atom. The molecule has 2 unspecified atom stereocenters. The van der Waals surface area contributed by atoms with E-state index in [4.69, 9.17) is 0 Å². The van der Waals surface area contributed by atoms with Crippen LogP contribution in [0.3, 0.4) is 0 Å². The first-order valence-corrected chi connectivity index (χ1v) is 7.28. The lowest BCUT2D eigenvalue weighted by Gasteiger charge is -1.77. The molecule has 0 saturated heterocycles. The average molecular weight is 177 g/mol. The molecule has 0 N–H and O–H groups in total. The summed E-state index contributed by atoms with van der Waals surface area (Å²) in [6, 6.07) is 0.0255. The SMILES string of the molecule is PP(P)Br. The molecule has 0 radical (unpaired) electrons. The monoisotopic (exact) mass is 176 g/mol. The third-order valence-electron chi connectivity index (χ3n) is 0. The van der Waals surface area contributed by atoms with Gasteiger partial charge in [-0.1, -0.05) is 33.3 Å². The van der Waals surface area contributed by atoms with Crippen LogP contribution < -0.4 is 0 Å². The zero-order valence-corrected chi connectivity index (χ0v) is 6.77. The van der Waals surface area contributed by atoms with Gasteiger partial charge in [-0.05, 0) is 0 Å². The first-order valence-electron chi connectivity index (χ1n) is 0.685. The van der Waals surface area contributed by atoms with Crippen molar-refractivity contribution in [3.05, 3.63) is 0 Å². The van der Waals surface area contributed by atoms with E-state index in [1.165, 1.54) is 0 Å². The lowest BCUT2D eigenvalue weighted by atomic mass is 29.6. The van der Waals surface area contributed by atoms with Crippen LogP contribution in [0.1, 0.15) is 0 Å². The minimum atomic E-state index is 0.0255. The summed E-state index contributed by atoms with van der Waals surface area (Å²) in [7, 11) is 5.20. The van der Waals surface area contributed by atoms with Crippen LogP contribution in [-0.4, -0.2) is 0 Å². The van der Waals surface area contributed by atoms with Gasteiger partial charge < -0.3 is 0 Å². The molecule has 0 aromatic carbocycles. The molecule has 0 saturated carbocycles. The largest absolute Gasteiger partial charge is 0.0959 e. The maximum atomic E-state index is 3.26. The normalized spacial score (nSPS) is 9.00. The molecule has 2 atom stereocenters. The smallest absolute Gasteiger partial charge is 0.00120 e. The molecule has 0 heterocycles. The highest BCUT2D eigenvalue weighted by Gasteiger charge is 1.69. The van der Waals surface area contributed by atoms with Crippen LogP contribution in [0.25, 0.3) is 0 Å². The lowest BCUT2D eigenvalue weighted by Crippen LogP contribution is -0.872. The van der Waals surface area contributed by atoms with Crippen molar-refractivity contribution in [3.63, 3.8) is 0 Å². The number of halogens is 1. The summed E-state index contributed by atoms with van der Waals surface area (Å²) >= 11 is 3.26. The van der Waals surface area contributed by atoms with E-state index in [0.29, 0.717) is 0 Å². The number of rotatable bonds is 0. The molecule has 0 nitrogen and oxygen atoms in total. The van der Waals surface area contributed by atoms with Crippen molar-refractivity contribution in [1.29, 1.82) is 0 Å². The van der Waals surface area contributed by atoms with E-state index in [1.807, 2.05) is 0 Å². The lowest BCUT2D eigenvalue weighted by molar-refractivity contribution is 5.36. The van der Waals surface area contributed by atoms with Crippen molar-refractivity contribution in [2.75, 3.05) is 0 Å². The van der Waals surface area contributed by atoms with Gasteiger partial charge >= 0.3 is 0 Å². The highest BCUT2D eigenvalue weighted by molar-refractivity contribution is 9.49. The van der Waals surface area contributed by atoms with Crippen LogP contribution in [0.15, 0.2) is 0 Å². The Kier molecular flexibility index (Phi) is 4.30. The standard InChI is InChI=1S/BrH4P3/c1-4(2)3/h2-3H2. The molecule has 26 valence electrons. The number of hydrogen-bond acceptors (Lipinski definition) is 0. The summed E-state index contributed by atoms with van der Waals surface area (Å²) in [6.45, 7) is 0. The Labute approximate surface area is 39.8 Å². The second kappa shape index (κ2) is 2.98. The molecule has 0 rings (SSSR count). The van der Waals surface area contributed by atoms with Crippen LogP contribution in [0, 0.1) is 0 Å². The molecule has 0 amide bonds. The Morgan fingerprint density at radius 3 is 1.50 bits per heavy atom. The van der Waals surface area contributed by atoms with Crippen molar-refractivity contribution in [2.24, 2.45) is 0 Å². The second-order valence-electron chi connectivity index (χ2n) is 0.344. The summed E-state index contributed by atoms with van der Waals surface area (Å²) in [5.74, 6) is 0. The van der Waals surface area contributed by atoms with Gasteiger partial charge in [-0.15, -0.1) is 0 Å². The Morgan fingerprint density at radius 1 is 1.50 bits per heavy atom. The summed E-state index contributed by atoms with van der Waals surface area (Å²) in [6.07, 6.45) is 0. The molecule has 0 aliphatic carbocycles. The average Bonchev–Trinajstić information content (AvgIpc) is 0.811. The molecule has 4 heteroatoms. The van der Waals surface area contributed by atoms with E-state index >= 15 is 0 Å². The van der Waals surface area contributed by atoms with Gasteiger partial charge in [0, 0.05) is 6.00 Å². The van der Waals surface area contributed by atoms with Crippen LogP contribution in [0.5, 0.6) is 0 Å². The zero-order valence-electron chi connectivity index (χ0n) is 1.98. The fourth-order valence-electron chi connectivity index (χ4n) is 0. The highest BCUT2D eigenvalue weighted by Crippen LogP contribution is 2.59. The minimum absolute atomic E-state index is 0.0255. The van der Waals surface area contributed by atoms with Crippen molar-refractivity contribution in [1.82, 2.24) is 0 Å². The fourth-order valence-corrected chi connectivity index (χ4v) is 0. The van der Waals surface area contributed by atoms with Gasteiger partial charge in [0.15, 0.2) is 0 Å². The van der Waals surface area contributed by atoms with Crippen molar-refractivity contribution in [2.45, 2.75) is 0 Å². The van der Waals surface area contributed by atoms with E-state index in [9.17, 15) is 0 Å². The first-order chi connectivity index (χ1) is 1.73. The molecule has 0 spiro atoms. The Hall–Kier alpha value is 1.77. The van der Waals surface area contributed by atoms with Crippen molar-refractivity contribution >= 4 is 39.3 Å². The molecule has 0 aromatic heterocycles. The van der Waals surface area contributed by atoms with E-state index in [2.05, 4.69) is 33.3 Å². The molecule has 0 aliphatic rings. The van der Waals surface area contributed by atoms with Gasteiger partial charge in [-0.25, -0.2) is 0 Å². The second-order valence-corrected chi connectivity index (χ2v) is 13.2. The van der Waals surface area contributed by atoms with Gasteiger partial charge in [-0.2, -0.15) is 0 Å². The highest BCUT2D eigenvalue weighted by atomic mass is 79.9. The minimum Gasteiger partial charge on any atom is -0.0959 e. The molecular formula is H4BrP3. The van der Waals surface area contributed by atoms with E-state index < -0.39 is 0 Å². The van der Waals surface area contributed by atoms with Gasteiger partial charge in [0.05, 0.1) is 0 Å². The zero-order chi connectivity index (χ0) is 3.58. The summed E-state index contributed by atoms with van der Waals surface area (Å²) in [5.41, 5.74) is 0. The van der Waals surface area contributed by atoms with Crippen molar-refractivity contribution < 1.29 is 0 Å². The molecule has 4 heavy (non-hydrogen) atoms. The Bertz CT molecular complexity index is 8.00. The van der Waals surface area contributed by atoms with Gasteiger partial charge in [0.25, 0.3) is 0 Å². The summed E-state index contributed by atoms with van der Waals surface area (Å²) in [5, 5.41) is 0. The molecule has 0 bridgehead atoms. The van der Waals surface area contributed by atoms with Crippen LogP contribution in [0.4, 0.5) is 0 Å². The van der Waals surface area contributed by atoms with Crippen LogP contribution in [0.2, 0.25) is 0 Å². The van der Waals surface area contributed by atoms with Crippen LogP contribution >= 0.6 is 39.3 Å². The molecular weight excluding hydrogens is 173 g/mol. The summed E-state index contributed by atoms with van der Waals surface area (Å²) < 4.78 is 0. The van der Waals surface area contributed by atoms with E-state index in [0.717, 1.165) is 0 Å². The predicted octanol–water partition coefficient (Wildman–Crippen LogP) is 2.36. The maximum Gasteiger partial charge on any atom is 0.00120 e. The van der Waals surface area contributed by atoms with Gasteiger partial charge in [-0.3, -0.25) is 0 Å². The topological polar surface area (TPSA) is 0 Å². The van der Waals surface area contributed by atoms with E-state index in [1.54, 1.807) is 0 Å². The molecule has 0 aliphatic heterocycles. The van der Waals surface area contributed by atoms with Crippen molar-refractivity contribution in [3.8, 4) is 0 Å². The molecule has 0 aromatic rings. The first kappa shape index (κ1) is 5.77. The molecule has 0 fully saturated rings. The van der Waals surface area contributed by atoms with Crippen LogP contribution in [-0.2, 0) is 0 Å². The fraction of sp³-hybridized carbons (Fsp3) is 0. The third-order valence-corrected chi connectivity index (χ3v) is 0. The Balaban J connectivity index is 2.32. The van der Waals surface area contributed by atoms with Gasteiger partial charge in [0.1, 0.15) is 0 Å². The summed E-state index contributed by atoms with van der Waals surface area (Å²) in [4.78, 5) is 0. The van der Waals surface area contributed by atoms with E-state index in [-0.39, 0.29) is 6.00 Å². The van der Waals surface area contributed by atoms with Gasteiger partial charge in [0.2, 0.25) is 0 Å². The predicted molar refractivity (Wildman–Crippen MR) is 35.3 cm³/mol. The quantitative estimate of drug-likeness (QED) is 0.498.